The monoisotopic (exact) mass is 447 g/mol. The first-order valence-corrected chi connectivity index (χ1v) is 11.6. The molecule has 6 nitrogen and oxygen atoms in total. The number of aliphatic imine (C=N–C) groups is 1. The van der Waals surface area contributed by atoms with Crippen molar-refractivity contribution in [2.45, 2.75) is 77.5 Å². The highest BCUT2D eigenvalue weighted by molar-refractivity contribution is 6.08. The van der Waals surface area contributed by atoms with Gasteiger partial charge in [0.15, 0.2) is 11.5 Å². The molecule has 0 radical (unpaired) electrons. The molecule has 1 atom stereocenters. The van der Waals surface area contributed by atoms with Crippen molar-refractivity contribution in [2.24, 2.45) is 22.1 Å². The van der Waals surface area contributed by atoms with Crippen LogP contribution in [0.5, 0.6) is 5.75 Å². The third-order valence-electron chi connectivity index (χ3n) is 7.15. The van der Waals surface area contributed by atoms with Crippen molar-refractivity contribution in [3.63, 3.8) is 0 Å². The average Bonchev–Trinajstić information content (AvgIpc) is 3.20. The van der Waals surface area contributed by atoms with Crippen LogP contribution in [0.2, 0.25) is 0 Å². The molecule has 178 valence electrons. The first kappa shape index (κ1) is 24.5. The van der Waals surface area contributed by atoms with Gasteiger partial charge in [0, 0.05) is 18.6 Å². The third-order valence-corrected chi connectivity index (χ3v) is 7.15. The van der Waals surface area contributed by atoms with Gasteiger partial charge in [-0.15, -0.1) is 0 Å². The lowest BCUT2D eigenvalue weighted by Gasteiger charge is -2.45. The molecular weight excluding hydrogens is 409 g/mol. The Balaban J connectivity index is 0.00000141. The fourth-order valence-electron chi connectivity index (χ4n) is 5.67. The van der Waals surface area contributed by atoms with E-state index >= 15 is 0 Å². The minimum Gasteiger partial charge on any atom is -0.493 e. The lowest BCUT2D eigenvalue weighted by atomic mass is 9.61. The second kappa shape index (κ2) is 9.38. The van der Waals surface area contributed by atoms with Crippen molar-refractivity contribution in [3.05, 3.63) is 29.3 Å². The first-order chi connectivity index (χ1) is 15.2. The standard InChI is InChI=1S/C24H35N3O3.CH3F/c1-15(2)14-30-19-7-6-17-13-23(10-8-18(29-5)9-11-23)24(20(17)12-19)21(28)27(16(3)4)22(25)26-24;1-2/h6-7,12,15-16,18H,8-11,13-14H2,1-5H3,(H2,25,26);1H3. The number of ether oxygens (including phenoxy) is 2. The van der Waals surface area contributed by atoms with Crippen LogP contribution in [0.4, 0.5) is 4.39 Å². The van der Waals surface area contributed by atoms with Crippen molar-refractivity contribution in [3.8, 4) is 5.75 Å². The molecule has 1 amide bonds. The van der Waals surface area contributed by atoms with E-state index in [-0.39, 0.29) is 23.5 Å². The molecule has 1 aliphatic heterocycles. The lowest BCUT2D eigenvalue weighted by Crippen LogP contribution is -2.53. The summed E-state index contributed by atoms with van der Waals surface area (Å²) in [5.74, 6) is 1.59. The Labute approximate surface area is 191 Å². The van der Waals surface area contributed by atoms with Crippen LogP contribution in [-0.2, 0) is 21.5 Å². The van der Waals surface area contributed by atoms with Crippen LogP contribution in [0.25, 0.3) is 0 Å². The van der Waals surface area contributed by atoms with E-state index in [1.54, 1.807) is 12.0 Å². The summed E-state index contributed by atoms with van der Waals surface area (Å²) in [6.07, 6.45) is 4.77. The molecular formula is C25H38FN3O3. The van der Waals surface area contributed by atoms with Crippen LogP contribution in [0.1, 0.15) is 64.5 Å². The zero-order valence-electron chi connectivity index (χ0n) is 20.3. The Hall–Kier alpha value is -2.15. The molecule has 32 heavy (non-hydrogen) atoms. The Morgan fingerprint density at radius 1 is 1.22 bits per heavy atom. The summed E-state index contributed by atoms with van der Waals surface area (Å²) in [6, 6.07) is 6.17. The zero-order chi connectivity index (χ0) is 23.7. The van der Waals surface area contributed by atoms with E-state index in [9.17, 15) is 9.18 Å². The van der Waals surface area contributed by atoms with E-state index in [2.05, 4.69) is 19.9 Å². The van der Waals surface area contributed by atoms with Gasteiger partial charge in [-0.1, -0.05) is 19.9 Å². The average molecular weight is 448 g/mol. The molecule has 1 fully saturated rings. The number of carbonyl (C=O) groups is 1. The second-order valence-corrected chi connectivity index (χ2v) is 9.87. The maximum atomic E-state index is 14.0. The fourth-order valence-corrected chi connectivity index (χ4v) is 5.67. The summed E-state index contributed by atoms with van der Waals surface area (Å²) in [5, 5.41) is 0. The van der Waals surface area contributed by atoms with Gasteiger partial charge in [-0.05, 0) is 75.1 Å². The molecule has 0 aromatic heterocycles. The summed E-state index contributed by atoms with van der Waals surface area (Å²) in [5.41, 5.74) is 7.33. The summed E-state index contributed by atoms with van der Waals surface area (Å²) >= 11 is 0. The van der Waals surface area contributed by atoms with Crippen LogP contribution in [0.15, 0.2) is 23.2 Å². The van der Waals surface area contributed by atoms with E-state index in [1.165, 1.54) is 5.56 Å². The molecule has 1 saturated carbocycles. The van der Waals surface area contributed by atoms with E-state index < -0.39 is 5.54 Å². The predicted octanol–water partition coefficient (Wildman–Crippen LogP) is 4.20. The van der Waals surface area contributed by atoms with Crippen molar-refractivity contribution in [2.75, 3.05) is 20.9 Å². The Morgan fingerprint density at radius 3 is 2.41 bits per heavy atom. The Morgan fingerprint density at radius 2 is 1.88 bits per heavy atom. The molecule has 1 aromatic carbocycles. The quantitative estimate of drug-likeness (QED) is 0.734. The molecule has 2 aliphatic carbocycles. The van der Waals surface area contributed by atoms with Gasteiger partial charge in [0.05, 0.1) is 19.9 Å². The van der Waals surface area contributed by atoms with E-state index in [4.69, 9.17) is 20.2 Å². The van der Waals surface area contributed by atoms with E-state index in [1.807, 2.05) is 26.0 Å². The second-order valence-electron chi connectivity index (χ2n) is 9.87. The van der Waals surface area contributed by atoms with Crippen LogP contribution in [0.3, 0.4) is 0 Å². The molecule has 0 bridgehead atoms. The lowest BCUT2D eigenvalue weighted by molar-refractivity contribution is -0.139. The van der Waals surface area contributed by atoms with Crippen molar-refractivity contribution >= 4 is 11.9 Å². The number of nitrogens with zero attached hydrogens (tertiary/aromatic N) is 2. The van der Waals surface area contributed by atoms with E-state index in [0.717, 1.165) is 43.4 Å². The number of guanidine groups is 1. The fraction of sp³-hybridized carbons (Fsp3) is 0.680. The number of methoxy groups -OCH3 is 1. The molecule has 4 rings (SSSR count). The number of amides is 1. The number of halogens is 1. The van der Waals surface area contributed by atoms with Crippen LogP contribution in [-0.4, -0.2) is 49.8 Å². The van der Waals surface area contributed by atoms with Gasteiger partial charge < -0.3 is 15.2 Å². The number of hydrogen-bond acceptors (Lipinski definition) is 5. The molecule has 2 spiro atoms. The maximum Gasteiger partial charge on any atom is 0.262 e. The highest BCUT2D eigenvalue weighted by Crippen LogP contribution is 2.62. The van der Waals surface area contributed by atoms with Gasteiger partial charge >= 0.3 is 0 Å². The molecule has 2 N–H and O–H groups in total. The van der Waals surface area contributed by atoms with Gasteiger partial charge in [0.2, 0.25) is 0 Å². The number of fused-ring (bicyclic) bond motifs is 3. The number of rotatable bonds is 5. The van der Waals surface area contributed by atoms with Crippen molar-refractivity contribution in [1.82, 2.24) is 4.90 Å². The van der Waals surface area contributed by atoms with Gasteiger partial charge in [0.25, 0.3) is 5.91 Å². The van der Waals surface area contributed by atoms with Crippen LogP contribution >= 0.6 is 0 Å². The zero-order valence-corrected chi connectivity index (χ0v) is 20.3. The smallest absolute Gasteiger partial charge is 0.262 e. The molecule has 1 aromatic rings. The molecule has 1 unspecified atom stereocenters. The Bertz CT molecular complexity index is 862. The van der Waals surface area contributed by atoms with Gasteiger partial charge in [-0.2, -0.15) is 0 Å². The number of benzene rings is 1. The van der Waals surface area contributed by atoms with Crippen molar-refractivity contribution < 1.29 is 18.7 Å². The summed E-state index contributed by atoms with van der Waals surface area (Å²) < 4.78 is 21.1. The predicted molar refractivity (Wildman–Crippen MR) is 124 cm³/mol. The highest BCUT2D eigenvalue weighted by atomic mass is 19.1. The number of carbonyl (C=O) groups excluding carboxylic acids is 1. The number of hydrogen-bond donors (Lipinski definition) is 1. The minimum absolute atomic E-state index is 0.0191. The van der Waals surface area contributed by atoms with E-state index in [0.29, 0.717) is 25.7 Å². The third kappa shape index (κ3) is 3.78. The largest absolute Gasteiger partial charge is 0.493 e. The van der Waals surface area contributed by atoms with Crippen LogP contribution in [0, 0.1) is 11.3 Å². The number of alkyl halides is 1. The molecule has 1 heterocycles. The topological polar surface area (TPSA) is 77.2 Å². The minimum atomic E-state index is -0.952. The van der Waals surface area contributed by atoms with Gasteiger partial charge in [0.1, 0.15) is 5.75 Å². The van der Waals surface area contributed by atoms with Crippen molar-refractivity contribution in [1.29, 1.82) is 0 Å². The first-order valence-electron chi connectivity index (χ1n) is 11.6. The number of nitrogens with two attached hydrogens (primary N) is 1. The summed E-state index contributed by atoms with van der Waals surface area (Å²) in [6.45, 7) is 8.88. The summed E-state index contributed by atoms with van der Waals surface area (Å²) in [7, 11) is 2.28. The van der Waals surface area contributed by atoms with Crippen LogP contribution < -0.4 is 10.5 Å². The Kier molecular flexibility index (Phi) is 7.18. The molecule has 3 aliphatic rings. The highest BCUT2D eigenvalue weighted by Gasteiger charge is 2.67. The van der Waals surface area contributed by atoms with Gasteiger partial charge in [-0.25, -0.2) is 4.99 Å². The van der Waals surface area contributed by atoms with Gasteiger partial charge in [-0.3, -0.25) is 14.1 Å². The molecule has 0 saturated heterocycles. The maximum absolute atomic E-state index is 14.0. The molecule has 7 heteroatoms. The summed E-state index contributed by atoms with van der Waals surface area (Å²) in [4.78, 5) is 20.7. The SMILES string of the molecule is CF.COC1CCC2(CC1)Cc1ccc(OCC(C)C)cc1C21N=C(N)N(C(C)C)C1=O. The normalized spacial score (nSPS) is 28.9.